The van der Waals surface area contributed by atoms with Gasteiger partial charge in [-0.1, -0.05) is 20.8 Å². The van der Waals surface area contributed by atoms with Crippen LogP contribution in [-0.4, -0.2) is 49.1 Å². The van der Waals surface area contributed by atoms with Crippen molar-refractivity contribution in [2.75, 3.05) is 0 Å². The maximum absolute atomic E-state index is 8.56. The van der Waals surface area contributed by atoms with Crippen LogP contribution in [0.4, 0.5) is 14.4 Å². The fraction of sp³-hybridized carbons (Fsp3) is 0.571. The molecule has 0 aliphatic rings. The van der Waals surface area contributed by atoms with E-state index in [2.05, 4.69) is 20.8 Å². The molecular weight excluding hydrogens is 251 g/mol. The SMILES string of the molecule is CC(C)C.O=C(O)O.O=C(O)O.O=C(O)O.[H-].[Na+]. The van der Waals surface area contributed by atoms with E-state index in [9.17, 15) is 0 Å². The van der Waals surface area contributed by atoms with Crippen molar-refractivity contribution in [3.05, 3.63) is 0 Å². The third-order valence-corrected chi connectivity index (χ3v) is 0. The first kappa shape index (κ1) is 29.7. The molecule has 9 nitrogen and oxygen atoms in total. The van der Waals surface area contributed by atoms with Crippen LogP contribution in [0.15, 0.2) is 0 Å². The molecule has 0 bridgehead atoms. The standard InChI is InChI=1S/C4H10.3CH2O3.Na.H/c1-4(2)3;3*2-1(3)4;;/h4H,1-3H3;3*(H2,2,3,4);;/q;;;;+1;-1. The number of hydrogen-bond acceptors (Lipinski definition) is 3. The fourth-order valence-corrected chi connectivity index (χ4v) is 0. The third kappa shape index (κ3) is 1720. The van der Waals surface area contributed by atoms with Crippen LogP contribution in [0.1, 0.15) is 22.2 Å². The molecule has 0 amide bonds. The molecule has 0 aliphatic heterocycles. The smallest absolute Gasteiger partial charge is 1.00 e. The zero-order valence-electron chi connectivity index (χ0n) is 11.0. The first-order valence-corrected chi connectivity index (χ1v) is 3.69. The van der Waals surface area contributed by atoms with Gasteiger partial charge >= 0.3 is 48.0 Å². The number of rotatable bonds is 0. The molecular formula is C7H17NaO9. The monoisotopic (exact) mass is 268 g/mol. The van der Waals surface area contributed by atoms with Crippen LogP contribution in [0.5, 0.6) is 0 Å². The summed E-state index contributed by atoms with van der Waals surface area (Å²) in [5.41, 5.74) is 0. The minimum atomic E-state index is -1.83. The molecule has 0 saturated heterocycles. The Morgan fingerprint density at radius 3 is 0.706 bits per heavy atom. The Bertz CT molecular complexity index is 154. The predicted octanol–water partition coefficient (Wildman–Crippen LogP) is -0.554. The molecule has 10 heteroatoms. The molecule has 0 fully saturated rings. The molecule has 100 valence electrons. The molecule has 17 heavy (non-hydrogen) atoms. The number of hydrogen-bond donors (Lipinski definition) is 6. The molecule has 0 rings (SSSR count). The van der Waals surface area contributed by atoms with E-state index in [1.54, 1.807) is 0 Å². The molecule has 0 radical (unpaired) electrons. The maximum Gasteiger partial charge on any atom is 1.00 e. The van der Waals surface area contributed by atoms with E-state index in [1.807, 2.05) is 0 Å². The van der Waals surface area contributed by atoms with Gasteiger partial charge in [0.15, 0.2) is 0 Å². The second-order valence-corrected chi connectivity index (χ2v) is 2.58. The van der Waals surface area contributed by atoms with Crippen molar-refractivity contribution < 1.29 is 76.0 Å². The van der Waals surface area contributed by atoms with Gasteiger partial charge in [-0.15, -0.1) is 0 Å². The van der Waals surface area contributed by atoms with Crippen molar-refractivity contribution in [1.29, 1.82) is 0 Å². The zero-order chi connectivity index (χ0) is 14.3. The van der Waals surface area contributed by atoms with Gasteiger partial charge in [-0.05, 0) is 5.92 Å². The van der Waals surface area contributed by atoms with Crippen molar-refractivity contribution in [2.24, 2.45) is 5.92 Å². The summed E-state index contributed by atoms with van der Waals surface area (Å²) in [5, 5.41) is 41.8. The first-order chi connectivity index (χ1) is 6.93. The van der Waals surface area contributed by atoms with Gasteiger partial charge in [0.2, 0.25) is 0 Å². The van der Waals surface area contributed by atoms with Crippen LogP contribution in [0.25, 0.3) is 0 Å². The van der Waals surface area contributed by atoms with Crippen molar-refractivity contribution >= 4 is 18.5 Å². The fourth-order valence-electron chi connectivity index (χ4n) is 0. The average Bonchev–Trinajstić information content (AvgIpc) is 1.76. The van der Waals surface area contributed by atoms with Gasteiger partial charge < -0.3 is 32.1 Å². The Balaban J connectivity index is -0.0000000257. The van der Waals surface area contributed by atoms with E-state index < -0.39 is 18.5 Å². The molecule has 0 aromatic heterocycles. The van der Waals surface area contributed by atoms with Crippen molar-refractivity contribution in [1.82, 2.24) is 0 Å². The number of carbonyl (C=O) groups is 3. The quantitative estimate of drug-likeness (QED) is 0.315. The van der Waals surface area contributed by atoms with Crippen molar-refractivity contribution in [3.63, 3.8) is 0 Å². The summed E-state index contributed by atoms with van der Waals surface area (Å²) >= 11 is 0. The van der Waals surface area contributed by atoms with Crippen LogP contribution in [-0.2, 0) is 0 Å². The molecule has 0 heterocycles. The minimum Gasteiger partial charge on any atom is -1.00 e. The Labute approximate surface area is 121 Å². The Kier molecular flexibility index (Phi) is 42.2. The predicted molar refractivity (Wildman–Crippen MR) is 53.6 cm³/mol. The summed E-state index contributed by atoms with van der Waals surface area (Å²) in [6.07, 6.45) is -5.50. The van der Waals surface area contributed by atoms with Crippen LogP contribution >= 0.6 is 0 Å². The van der Waals surface area contributed by atoms with Crippen molar-refractivity contribution in [2.45, 2.75) is 20.8 Å². The molecule has 0 saturated carbocycles. The third-order valence-electron chi connectivity index (χ3n) is 0. The normalized spacial score (nSPS) is 6.35. The summed E-state index contributed by atoms with van der Waals surface area (Å²) in [7, 11) is 0. The van der Waals surface area contributed by atoms with Gasteiger partial charge in [-0.25, -0.2) is 14.4 Å². The molecule has 6 N–H and O–H groups in total. The average molecular weight is 268 g/mol. The molecule has 0 unspecified atom stereocenters. The first-order valence-electron chi connectivity index (χ1n) is 3.69. The van der Waals surface area contributed by atoms with Gasteiger partial charge in [-0.3, -0.25) is 0 Å². The van der Waals surface area contributed by atoms with Gasteiger partial charge in [-0.2, -0.15) is 0 Å². The van der Waals surface area contributed by atoms with Crippen LogP contribution < -0.4 is 29.6 Å². The molecule has 0 aliphatic carbocycles. The van der Waals surface area contributed by atoms with Crippen LogP contribution in [0.2, 0.25) is 0 Å². The maximum atomic E-state index is 8.56. The molecule has 0 spiro atoms. The van der Waals surface area contributed by atoms with Gasteiger partial charge in [0.25, 0.3) is 0 Å². The van der Waals surface area contributed by atoms with Crippen LogP contribution in [0, 0.1) is 5.92 Å². The van der Waals surface area contributed by atoms with E-state index in [0.717, 1.165) is 5.92 Å². The largest absolute Gasteiger partial charge is 1.00 e. The van der Waals surface area contributed by atoms with Gasteiger partial charge in [0.1, 0.15) is 0 Å². The van der Waals surface area contributed by atoms with Gasteiger partial charge in [0.05, 0.1) is 0 Å². The zero-order valence-corrected chi connectivity index (χ0v) is 12.0. The molecule has 0 aromatic carbocycles. The van der Waals surface area contributed by atoms with E-state index in [1.165, 1.54) is 0 Å². The Morgan fingerprint density at radius 2 is 0.706 bits per heavy atom. The minimum absolute atomic E-state index is 0. The summed E-state index contributed by atoms with van der Waals surface area (Å²) in [6, 6.07) is 0. The van der Waals surface area contributed by atoms with Crippen LogP contribution in [0.3, 0.4) is 0 Å². The van der Waals surface area contributed by atoms with E-state index in [0.29, 0.717) is 0 Å². The Hall–Kier alpha value is -1.19. The summed E-state index contributed by atoms with van der Waals surface area (Å²) in [4.78, 5) is 25.7. The molecule has 0 aromatic rings. The van der Waals surface area contributed by atoms with Crippen molar-refractivity contribution in [3.8, 4) is 0 Å². The van der Waals surface area contributed by atoms with E-state index >= 15 is 0 Å². The summed E-state index contributed by atoms with van der Waals surface area (Å²) in [5.74, 6) is 0.833. The second kappa shape index (κ2) is 24.2. The second-order valence-electron chi connectivity index (χ2n) is 2.58. The summed E-state index contributed by atoms with van der Waals surface area (Å²) < 4.78 is 0. The molecule has 0 atom stereocenters. The van der Waals surface area contributed by atoms with E-state index in [-0.39, 0.29) is 31.0 Å². The number of carboxylic acid groups (broad SMARTS) is 6. The van der Waals surface area contributed by atoms with Gasteiger partial charge in [0, 0.05) is 0 Å². The Morgan fingerprint density at radius 1 is 0.706 bits per heavy atom. The van der Waals surface area contributed by atoms with E-state index in [4.69, 9.17) is 45.0 Å². The topological polar surface area (TPSA) is 173 Å². The summed E-state index contributed by atoms with van der Waals surface area (Å²) in [6.45, 7) is 6.50.